The monoisotopic (exact) mass is 153 g/mol. The largest absolute Gasteiger partial charge is 0.327 e. The lowest BCUT2D eigenvalue weighted by Crippen LogP contribution is -2.08. The van der Waals surface area contributed by atoms with Gasteiger partial charge in [-0.2, -0.15) is 0 Å². The van der Waals surface area contributed by atoms with Gasteiger partial charge in [-0.1, -0.05) is 24.3 Å². The SMILES string of the molecule is Cc1ccccc1[C@H](F)CN. The number of nitrogens with two attached hydrogens (primary N) is 1. The highest BCUT2D eigenvalue weighted by atomic mass is 19.1. The topological polar surface area (TPSA) is 26.0 Å². The Bertz CT molecular complexity index is 235. The van der Waals surface area contributed by atoms with Crippen molar-refractivity contribution in [2.45, 2.75) is 13.1 Å². The van der Waals surface area contributed by atoms with Gasteiger partial charge in [0, 0.05) is 6.54 Å². The highest BCUT2D eigenvalue weighted by Crippen LogP contribution is 2.18. The van der Waals surface area contributed by atoms with Gasteiger partial charge in [0.2, 0.25) is 0 Å². The molecule has 1 aromatic rings. The van der Waals surface area contributed by atoms with Crippen LogP contribution < -0.4 is 5.73 Å². The summed E-state index contributed by atoms with van der Waals surface area (Å²) in [6.07, 6.45) is -1.02. The summed E-state index contributed by atoms with van der Waals surface area (Å²) in [7, 11) is 0. The van der Waals surface area contributed by atoms with E-state index in [0.29, 0.717) is 5.56 Å². The molecule has 0 radical (unpaired) electrons. The molecular formula is C9H12FN. The van der Waals surface area contributed by atoms with Crippen LogP contribution in [0.2, 0.25) is 0 Å². The van der Waals surface area contributed by atoms with Gasteiger partial charge in [0.1, 0.15) is 6.17 Å². The summed E-state index contributed by atoms with van der Waals surface area (Å²) in [6.45, 7) is 1.95. The van der Waals surface area contributed by atoms with E-state index in [1.807, 2.05) is 25.1 Å². The normalized spacial score (nSPS) is 13.0. The van der Waals surface area contributed by atoms with Crippen molar-refractivity contribution in [3.05, 3.63) is 35.4 Å². The summed E-state index contributed by atoms with van der Waals surface area (Å²) < 4.78 is 13.0. The molecule has 1 atom stereocenters. The van der Waals surface area contributed by atoms with E-state index in [9.17, 15) is 4.39 Å². The minimum atomic E-state index is -1.02. The van der Waals surface area contributed by atoms with Gasteiger partial charge in [-0.05, 0) is 18.1 Å². The number of hydrogen-bond donors (Lipinski definition) is 1. The second kappa shape index (κ2) is 3.49. The molecule has 0 aliphatic carbocycles. The van der Waals surface area contributed by atoms with Crippen LogP contribution in [0, 0.1) is 6.92 Å². The minimum absolute atomic E-state index is 0.0604. The van der Waals surface area contributed by atoms with E-state index in [1.54, 1.807) is 6.07 Å². The fourth-order valence-electron chi connectivity index (χ4n) is 1.07. The Labute approximate surface area is 66.0 Å². The average Bonchev–Trinajstić information content (AvgIpc) is 2.04. The molecule has 0 aliphatic heterocycles. The molecule has 1 aromatic carbocycles. The fourth-order valence-corrected chi connectivity index (χ4v) is 1.07. The van der Waals surface area contributed by atoms with Gasteiger partial charge in [-0.3, -0.25) is 0 Å². The van der Waals surface area contributed by atoms with E-state index in [1.165, 1.54) is 0 Å². The Balaban J connectivity index is 2.93. The molecule has 0 heterocycles. The molecule has 2 heteroatoms. The van der Waals surface area contributed by atoms with Crippen molar-refractivity contribution in [1.82, 2.24) is 0 Å². The van der Waals surface area contributed by atoms with E-state index >= 15 is 0 Å². The molecular weight excluding hydrogens is 141 g/mol. The lowest BCUT2D eigenvalue weighted by atomic mass is 10.1. The Morgan fingerprint density at radius 1 is 1.45 bits per heavy atom. The molecule has 2 N–H and O–H groups in total. The Hall–Kier alpha value is -0.890. The number of alkyl halides is 1. The molecule has 0 amide bonds. The van der Waals surface area contributed by atoms with E-state index in [-0.39, 0.29) is 6.54 Å². The van der Waals surface area contributed by atoms with E-state index in [0.717, 1.165) is 5.56 Å². The van der Waals surface area contributed by atoms with Gasteiger partial charge in [-0.15, -0.1) is 0 Å². The predicted molar refractivity (Wildman–Crippen MR) is 44.1 cm³/mol. The fraction of sp³-hybridized carbons (Fsp3) is 0.333. The maximum absolute atomic E-state index is 13.0. The average molecular weight is 153 g/mol. The lowest BCUT2D eigenvalue weighted by molar-refractivity contribution is 0.351. The molecule has 0 saturated heterocycles. The summed E-state index contributed by atoms with van der Waals surface area (Å²) in [5.74, 6) is 0. The van der Waals surface area contributed by atoms with Crippen molar-refractivity contribution in [2.24, 2.45) is 5.73 Å². The van der Waals surface area contributed by atoms with Crippen LogP contribution in [0.25, 0.3) is 0 Å². The van der Waals surface area contributed by atoms with Crippen molar-refractivity contribution in [2.75, 3.05) is 6.54 Å². The molecule has 0 aromatic heterocycles. The molecule has 0 unspecified atom stereocenters. The predicted octanol–water partition coefficient (Wildman–Crippen LogP) is 1.96. The third-order valence-corrected chi connectivity index (χ3v) is 1.73. The molecule has 11 heavy (non-hydrogen) atoms. The molecule has 60 valence electrons. The van der Waals surface area contributed by atoms with Crippen molar-refractivity contribution in [1.29, 1.82) is 0 Å². The highest BCUT2D eigenvalue weighted by Gasteiger charge is 2.08. The zero-order chi connectivity index (χ0) is 8.27. The third-order valence-electron chi connectivity index (χ3n) is 1.73. The number of hydrogen-bond acceptors (Lipinski definition) is 1. The quantitative estimate of drug-likeness (QED) is 0.690. The Morgan fingerprint density at radius 3 is 2.64 bits per heavy atom. The summed E-state index contributed by atoms with van der Waals surface area (Å²) in [6, 6.07) is 7.37. The second-order valence-electron chi connectivity index (χ2n) is 2.56. The molecule has 0 saturated carbocycles. The van der Waals surface area contributed by atoms with Crippen molar-refractivity contribution in [3.8, 4) is 0 Å². The summed E-state index contributed by atoms with van der Waals surface area (Å²) in [5, 5.41) is 0. The summed E-state index contributed by atoms with van der Waals surface area (Å²) >= 11 is 0. The van der Waals surface area contributed by atoms with Gasteiger partial charge in [0.25, 0.3) is 0 Å². The van der Waals surface area contributed by atoms with E-state index in [2.05, 4.69) is 0 Å². The summed E-state index contributed by atoms with van der Waals surface area (Å²) in [5.41, 5.74) is 6.87. The van der Waals surface area contributed by atoms with Gasteiger partial charge in [-0.25, -0.2) is 4.39 Å². The number of rotatable bonds is 2. The van der Waals surface area contributed by atoms with Crippen LogP contribution in [-0.4, -0.2) is 6.54 Å². The van der Waals surface area contributed by atoms with Crippen molar-refractivity contribution >= 4 is 0 Å². The Kier molecular flexibility index (Phi) is 2.60. The lowest BCUT2D eigenvalue weighted by Gasteiger charge is -2.07. The first kappa shape index (κ1) is 8.21. The minimum Gasteiger partial charge on any atom is -0.327 e. The van der Waals surface area contributed by atoms with Crippen LogP contribution in [0.3, 0.4) is 0 Å². The van der Waals surface area contributed by atoms with Gasteiger partial charge in [0.15, 0.2) is 0 Å². The van der Waals surface area contributed by atoms with Crippen LogP contribution in [0.15, 0.2) is 24.3 Å². The van der Waals surface area contributed by atoms with Crippen LogP contribution in [0.4, 0.5) is 4.39 Å². The smallest absolute Gasteiger partial charge is 0.138 e. The maximum atomic E-state index is 13.0. The van der Waals surface area contributed by atoms with Crippen LogP contribution >= 0.6 is 0 Å². The van der Waals surface area contributed by atoms with E-state index < -0.39 is 6.17 Å². The highest BCUT2D eigenvalue weighted by molar-refractivity contribution is 5.27. The van der Waals surface area contributed by atoms with Crippen LogP contribution in [-0.2, 0) is 0 Å². The molecule has 0 spiro atoms. The zero-order valence-corrected chi connectivity index (χ0v) is 6.55. The number of benzene rings is 1. The van der Waals surface area contributed by atoms with Crippen LogP contribution in [0.1, 0.15) is 17.3 Å². The summed E-state index contributed by atoms with van der Waals surface area (Å²) in [4.78, 5) is 0. The molecule has 1 nitrogen and oxygen atoms in total. The molecule has 0 bridgehead atoms. The number of halogens is 1. The number of aryl methyl sites for hydroxylation is 1. The zero-order valence-electron chi connectivity index (χ0n) is 6.55. The van der Waals surface area contributed by atoms with Crippen LogP contribution in [0.5, 0.6) is 0 Å². The standard InChI is InChI=1S/C9H12FN/c1-7-4-2-3-5-8(7)9(10)6-11/h2-5,9H,6,11H2,1H3/t9-/m1/s1. The first-order chi connectivity index (χ1) is 5.25. The van der Waals surface area contributed by atoms with Crippen molar-refractivity contribution in [3.63, 3.8) is 0 Å². The van der Waals surface area contributed by atoms with Gasteiger partial charge in [0.05, 0.1) is 0 Å². The maximum Gasteiger partial charge on any atom is 0.138 e. The first-order valence-corrected chi connectivity index (χ1v) is 3.65. The molecule has 0 aliphatic rings. The molecule has 0 fully saturated rings. The molecule has 1 rings (SSSR count). The van der Waals surface area contributed by atoms with Gasteiger partial charge < -0.3 is 5.73 Å². The third kappa shape index (κ3) is 1.77. The Morgan fingerprint density at radius 2 is 2.09 bits per heavy atom. The van der Waals surface area contributed by atoms with Gasteiger partial charge >= 0.3 is 0 Å². The van der Waals surface area contributed by atoms with Crippen molar-refractivity contribution < 1.29 is 4.39 Å². The second-order valence-corrected chi connectivity index (χ2v) is 2.56. The first-order valence-electron chi connectivity index (χ1n) is 3.65. The van der Waals surface area contributed by atoms with E-state index in [4.69, 9.17) is 5.73 Å².